The summed E-state index contributed by atoms with van der Waals surface area (Å²) in [5.41, 5.74) is 1.73. The maximum absolute atomic E-state index is 6.01. The number of rotatable bonds is 2. The van der Waals surface area contributed by atoms with E-state index in [0.29, 0.717) is 15.1 Å². The average molecular weight is 371 g/mol. The molecule has 112 valence electrons. The van der Waals surface area contributed by atoms with E-state index in [1.165, 1.54) is 11.3 Å². The van der Waals surface area contributed by atoms with Gasteiger partial charge in [0.2, 0.25) is 4.80 Å². The van der Waals surface area contributed by atoms with Crippen LogP contribution in [0.4, 0.5) is 5.69 Å². The fraction of sp³-hybridized carbons (Fsp3) is 0.0667. The van der Waals surface area contributed by atoms with Gasteiger partial charge in [0.1, 0.15) is 5.01 Å². The van der Waals surface area contributed by atoms with Gasteiger partial charge in [-0.1, -0.05) is 58.3 Å². The molecule has 0 atom stereocenters. The van der Waals surface area contributed by atoms with Crippen LogP contribution in [0.3, 0.4) is 0 Å². The Morgan fingerprint density at radius 1 is 1.00 bits per heavy atom. The molecule has 0 saturated carbocycles. The number of hydrogen-bond acceptors (Lipinski definition) is 3. The summed E-state index contributed by atoms with van der Waals surface area (Å²) < 4.78 is 1.73. The van der Waals surface area contributed by atoms with Crippen LogP contribution in [-0.2, 0) is 7.05 Å². The predicted octanol–water partition coefficient (Wildman–Crippen LogP) is 5.34. The van der Waals surface area contributed by atoms with Crippen LogP contribution in [0.15, 0.2) is 47.5 Å². The van der Waals surface area contributed by atoms with Crippen LogP contribution < -0.4 is 4.80 Å². The normalized spacial score (nSPS) is 11.9. The van der Waals surface area contributed by atoms with Crippen LogP contribution in [0.2, 0.25) is 15.1 Å². The lowest BCUT2D eigenvalue weighted by Gasteiger charge is -1.96. The number of aromatic nitrogens is 2. The Balaban J connectivity index is 2.03. The standard InChI is InChI=1S/C15H10Cl3N3S/c1-21-15(19-11-6-7-12(17)13(18)8-11)22-14(20-21)9-2-4-10(16)5-3-9/h2-8H,1H3. The molecule has 7 heteroatoms. The van der Waals surface area contributed by atoms with Crippen molar-refractivity contribution in [2.24, 2.45) is 12.0 Å². The van der Waals surface area contributed by atoms with Gasteiger partial charge in [-0.15, -0.1) is 0 Å². The van der Waals surface area contributed by atoms with E-state index in [1.807, 2.05) is 37.4 Å². The molecule has 0 spiro atoms. The molecule has 0 aliphatic rings. The lowest BCUT2D eigenvalue weighted by Crippen LogP contribution is -2.10. The van der Waals surface area contributed by atoms with E-state index in [2.05, 4.69) is 10.1 Å². The lowest BCUT2D eigenvalue weighted by molar-refractivity contribution is 0.732. The van der Waals surface area contributed by atoms with Crippen molar-refractivity contribution in [1.29, 1.82) is 0 Å². The van der Waals surface area contributed by atoms with E-state index in [4.69, 9.17) is 34.8 Å². The van der Waals surface area contributed by atoms with Gasteiger partial charge in [0.25, 0.3) is 0 Å². The van der Waals surface area contributed by atoms with Crippen LogP contribution in [0.1, 0.15) is 0 Å². The highest BCUT2D eigenvalue weighted by atomic mass is 35.5. The van der Waals surface area contributed by atoms with Gasteiger partial charge in [-0.3, -0.25) is 0 Å². The molecule has 3 nitrogen and oxygen atoms in total. The molecule has 3 aromatic rings. The van der Waals surface area contributed by atoms with Crippen LogP contribution >= 0.6 is 46.1 Å². The Hall–Kier alpha value is -1.33. The number of hydrogen-bond donors (Lipinski definition) is 0. The smallest absolute Gasteiger partial charge is 0.208 e. The quantitative estimate of drug-likeness (QED) is 0.598. The monoisotopic (exact) mass is 369 g/mol. The Kier molecular flexibility index (Phi) is 4.54. The minimum Gasteiger partial charge on any atom is -0.241 e. The molecule has 1 aromatic heterocycles. The SMILES string of the molecule is Cn1nc(-c2ccc(Cl)cc2)sc1=Nc1ccc(Cl)c(Cl)c1. The highest BCUT2D eigenvalue weighted by Crippen LogP contribution is 2.27. The van der Waals surface area contributed by atoms with Gasteiger partial charge >= 0.3 is 0 Å². The minimum atomic E-state index is 0.480. The highest BCUT2D eigenvalue weighted by molar-refractivity contribution is 7.12. The van der Waals surface area contributed by atoms with Crippen molar-refractivity contribution in [3.8, 4) is 10.6 Å². The molecule has 1 heterocycles. The van der Waals surface area contributed by atoms with E-state index in [9.17, 15) is 0 Å². The van der Waals surface area contributed by atoms with E-state index in [-0.39, 0.29) is 0 Å². The summed E-state index contributed by atoms with van der Waals surface area (Å²) >= 11 is 19.3. The summed E-state index contributed by atoms with van der Waals surface area (Å²) in [5.74, 6) is 0. The number of nitrogens with zero attached hydrogens (tertiary/aromatic N) is 3. The highest BCUT2D eigenvalue weighted by Gasteiger charge is 2.06. The Bertz CT molecular complexity index is 882. The number of aryl methyl sites for hydroxylation is 1. The van der Waals surface area contributed by atoms with Crippen molar-refractivity contribution >= 4 is 51.8 Å². The number of benzene rings is 2. The Labute approximate surface area is 146 Å². The van der Waals surface area contributed by atoms with Crippen molar-refractivity contribution in [3.63, 3.8) is 0 Å². The third-order valence-corrected chi connectivity index (χ3v) is 4.96. The van der Waals surface area contributed by atoms with E-state index in [1.54, 1.807) is 16.8 Å². The molecule has 0 bridgehead atoms. The van der Waals surface area contributed by atoms with Gasteiger partial charge in [0, 0.05) is 17.6 Å². The summed E-state index contributed by atoms with van der Waals surface area (Å²) in [6.45, 7) is 0. The van der Waals surface area contributed by atoms with Gasteiger partial charge in [-0.2, -0.15) is 5.10 Å². The topological polar surface area (TPSA) is 30.2 Å². The molecule has 2 aromatic carbocycles. The zero-order valence-corrected chi connectivity index (χ0v) is 14.5. The van der Waals surface area contributed by atoms with Gasteiger partial charge in [0.15, 0.2) is 0 Å². The fourth-order valence-corrected chi connectivity index (χ4v) is 3.15. The van der Waals surface area contributed by atoms with Gasteiger partial charge < -0.3 is 0 Å². The summed E-state index contributed by atoms with van der Waals surface area (Å²) in [4.78, 5) is 5.32. The van der Waals surface area contributed by atoms with E-state index < -0.39 is 0 Å². The molecule has 0 aliphatic carbocycles. The molecule has 0 aliphatic heterocycles. The number of halogens is 3. The molecule has 0 radical (unpaired) electrons. The first-order valence-electron chi connectivity index (χ1n) is 6.33. The molecular weight excluding hydrogens is 361 g/mol. The van der Waals surface area contributed by atoms with Crippen molar-refractivity contribution < 1.29 is 0 Å². The largest absolute Gasteiger partial charge is 0.241 e. The van der Waals surface area contributed by atoms with E-state index in [0.717, 1.165) is 21.1 Å². The van der Waals surface area contributed by atoms with Gasteiger partial charge in [0.05, 0.1) is 15.7 Å². The maximum atomic E-state index is 6.01. The molecule has 22 heavy (non-hydrogen) atoms. The minimum absolute atomic E-state index is 0.480. The lowest BCUT2D eigenvalue weighted by atomic mass is 10.2. The van der Waals surface area contributed by atoms with Crippen LogP contribution in [0, 0.1) is 0 Å². The van der Waals surface area contributed by atoms with Crippen molar-refractivity contribution in [1.82, 2.24) is 9.78 Å². The molecule has 0 amide bonds. The zero-order valence-electron chi connectivity index (χ0n) is 11.4. The van der Waals surface area contributed by atoms with Crippen LogP contribution in [0.25, 0.3) is 10.6 Å². The zero-order chi connectivity index (χ0) is 15.7. The first kappa shape index (κ1) is 15.6. The second-order valence-electron chi connectivity index (χ2n) is 4.53. The Morgan fingerprint density at radius 2 is 1.73 bits per heavy atom. The first-order valence-corrected chi connectivity index (χ1v) is 8.28. The van der Waals surface area contributed by atoms with E-state index >= 15 is 0 Å². The summed E-state index contributed by atoms with van der Waals surface area (Å²) in [6.07, 6.45) is 0. The van der Waals surface area contributed by atoms with Crippen molar-refractivity contribution in [2.75, 3.05) is 0 Å². The third kappa shape index (κ3) is 3.36. The molecule has 0 fully saturated rings. The second kappa shape index (κ2) is 6.42. The van der Waals surface area contributed by atoms with Crippen LogP contribution in [-0.4, -0.2) is 9.78 Å². The summed E-state index contributed by atoms with van der Waals surface area (Å²) in [5, 5.41) is 7.05. The predicted molar refractivity (Wildman–Crippen MR) is 93.2 cm³/mol. The van der Waals surface area contributed by atoms with Gasteiger partial charge in [-0.25, -0.2) is 9.67 Å². The van der Waals surface area contributed by atoms with Crippen LogP contribution in [0.5, 0.6) is 0 Å². The first-order chi connectivity index (χ1) is 10.5. The Morgan fingerprint density at radius 3 is 2.41 bits per heavy atom. The molecule has 3 rings (SSSR count). The molecule has 0 N–H and O–H groups in total. The maximum Gasteiger partial charge on any atom is 0.208 e. The third-order valence-electron chi connectivity index (χ3n) is 2.92. The van der Waals surface area contributed by atoms with Gasteiger partial charge in [-0.05, 0) is 30.3 Å². The summed E-state index contributed by atoms with van der Waals surface area (Å²) in [7, 11) is 1.85. The average Bonchev–Trinajstić information content (AvgIpc) is 2.85. The molecule has 0 saturated heterocycles. The fourth-order valence-electron chi connectivity index (χ4n) is 1.82. The molecule has 0 unspecified atom stereocenters. The second-order valence-corrected chi connectivity index (χ2v) is 6.74. The summed E-state index contributed by atoms with van der Waals surface area (Å²) in [6, 6.07) is 12.8. The van der Waals surface area contributed by atoms with Crippen molar-refractivity contribution in [3.05, 3.63) is 62.3 Å². The molecular formula is C15H10Cl3N3S. The van der Waals surface area contributed by atoms with Crippen molar-refractivity contribution in [2.45, 2.75) is 0 Å².